The highest BCUT2D eigenvalue weighted by molar-refractivity contribution is 5.44. The second-order valence-electron chi connectivity index (χ2n) is 6.86. The molecular weight excluding hydrogens is 234 g/mol. The van der Waals surface area contributed by atoms with Crippen LogP contribution in [0.15, 0.2) is 12.1 Å². The average Bonchev–Trinajstić information content (AvgIpc) is 3.19. The quantitative estimate of drug-likeness (QED) is 0.905. The van der Waals surface area contributed by atoms with Crippen LogP contribution in [0.3, 0.4) is 0 Å². The maximum Gasteiger partial charge on any atom is 0.129 e. The first-order chi connectivity index (χ1) is 8.82. The number of aromatic nitrogens is 1. The number of rotatable bonds is 4. The predicted molar refractivity (Wildman–Crippen MR) is 81.4 cm³/mol. The molecule has 1 aromatic rings. The van der Waals surface area contributed by atoms with Crippen LogP contribution < -0.4 is 10.6 Å². The fraction of sp³-hybridized carbons (Fsp3) is 0.688. The molecule has 1 saturated carbocycles. The third-order valence-corrected chi connectivity index (χ3v) is 4.15. The number of nitrogens with zero attached hydrogens (tertiary/aromatic N) is 2. The minimum Gasteiger partial charge on any atom is -0.357 e. The first kappa shape index (κ1) is 14.3. The molecule has 3 nitrogen and oxygen atoms in total. The molecule has 1 aliphatic carbocycles. The first-order valence-corrected chi connectivity index (χ1v) is 7.27. The Bertz CT molecular complexity index is 444. The van der Waals surface area contributed by atoms with Crippen molar-refractivity contribution in [1.82, 2.24) is 4.98 Å². The number of hydrogen-bond donors (Lipinski definition) is 1. The standard InChI is InChI=1S/C16H27N3/c1-11(13-6-7-13)19(5)15-9-12(10-17)8-14(18-15)16(2,3)4/h8-9,11,13H,6-7,10,17H2,1-5H3. The molecule has 19 heavy (non-hydrogen) atoms. The minimum atomic E-state index is 0.0591. The third-order valence-electron chi connectivity index (χ3n) is 4.15. The summed E-state index contributed by atoms with van der Waals surface area (Å²) < 4.78 is 0. The molecule has 0 bridgehead atoms. The normalized spacial score (nSPS) is 17.4. The van der Waals surface area contributed by atoms with Crippen molar-refractivity contribution in [2.24, 2.45) is 11.7 Å². The summed E-state index contributed by atoms with van der Waals surface area (Å²) in [5.41, 5.74) is 8.19. The van der Waals surface area contributed by atoms with E-state index >= 15 is 0 Å². The van der Waals surface area contributed by atoms with Crippen molar-refractivity contribution in [3.05, 3.63) is 23.4 Å². The van der Waals surface area contributed by atoms with Gasteiger partial charge in [-0.2, -0.15) is 0 Å². The molecule has 0 saturated heterocycles. The third kappa shape index (κ3) is 3.27. The molecule has 1 atom stereocenters. The summed E-state index contributed by atoms with van der Waals surface area (Å²) in [6.45, 7) is 9.46. The molecule has 106 valence electrons. The van der Waals surface area contributed by atoms with Gasteiger partial charge in [0.15, 0.2) is 0 Å². The molecule has 0 radical (unpaired) electrons. The zero-order valence-corrected chi connectivity index (χ0v) is 12.9. The van der Waals surface area contributed by atoms with Crippen molar-refractivity contribution < 1.29 is 0 Å². The largest absolute Gasteiger partial charge is 0.357 e. The molecule has 3 heteroatoms. The molecule has 1 unspecified atom stereocenters. The lowest BCUT2D eigenvalue weighted by Crippen LogP contribution is -2.32. The zero-order valence-electron chi connectivity index (χ0n) is 12.9. The summed E-state index contributed by atoms with van der Waals surface area (Å²) in [7, 11) is 2.15. The molecule has 2 N–H and O–H groups in total. The van der Waals surface area contributed by atoms with E-state index < -0.39 is 0 Å². The molecule has 2 rings (SSSR count). The second-order valence-corrected chi connectivity index (χ2v) is 6.86. The Morgan fingerprint density at radius 2 is 2.00 bits per heavy atom. The van der Waals surface area contributed by atoms with Crippen molar-refractivity contribution >= 4 is 5.82 Å². The van der Waals surface area contributed by atoms with Crippen LogP contribution in [0, 0.1) is 5.92 Å². The van der Waals surface area contributed by atoms with Gasteiger partial charge in [0.2, 0.25) is 0 Å². The molecule has 0 amide bonds. The molecule has 0 spiro atoms. The van der Waals surface area contributed by atoms with Gasteiger partial charge in [-0.3, -0.25) is 0 Å². The smallest absolute Gasteiger partial charge is 0.129 e. The van der Waals surface area contributed by atoms with Gasteiger partial charge < -0.3 is 10.6 Å². The van der Waals surface area contributed by atoms with Gasteiger partial charge in [-0.1, -0.05) is 20.8 Å². The van der Waals surface area contributed by atoms with Gasteiger partial charge in [0.25, 0.3) is 0 Å². The lowest BCUT2D eigenvalue weighted by atomic mass is 9.90. The maximum atomic E-state index is 5.83. The molecule has 0 aliphatic heterocycles. The summed E-state index contributed by atoms with van der Waals surface area (Å²) in [4.78, 5) is 7.17. The van der Waals surface area contributed by atoms with Crippen LogP contribution in [0.25, 0.3) is 0 Å². The predicted octanol–water partition coefficient (Wildman–Crippen LogP) is 3.07. The van der Waals surface area contributed by atoms with Crippen LogP contribution in [-0.4, -0.2) is 18.1 Å². The van der Waals surface area contributed by atoms with Gasteiger partial charge in [-0.15, -0.1) is 0 Å². The Hall–Kier alpha value is -1.09. The van der Waals surface area contributed by atoms with Crippen LogP contribution in [0.2, 0.25) is 0 Å². The highest BCUT2D eigenvalue weighted by Crippen LogP contribution is 2.36. The van der Waals surface area contributed by atoms with E-state index in [4.69, 9.17) is 10.7 Å². The van der Waals surface area contributed by atoms with E-state index in [-0.39, 0.29) is 5.41 Å². The lowest BCUT2D eigenvalue weighted by molar-refractivity contribution is 0.559. The van der Waals surface area contributed by atoms with Crippen molar-refractivity contribution in [2.45, 2.75) is 58.5 Å². The van der Waals surface area contributed by atoms with Gasteiger partial charge in [0.1, 0.15) is 5.82 Å². The Balaban J connectivity index is 2.33. The molecule has 1 aliphatic rings. The van der Waals surface area contributed by atoms with E-state index in [9.17, 15) is 0 Å². The van der Waals surface area contributed by atoms with Crippen molar-refractivity contribution in [3.63, 3.8) is 0 Å². The van der Waals surface area contributed by atoms with Crippen LogP contribution >= 0.6 is 0 Å². The molecule has 1 aromatic heterocycles. The first-order valence-electron chi connectivity index (χ1n) is 7.27. The summed E-state index contributed by atoms with van der Waals surface area (Å²) in [5, 5.41) is 0. The monoisotopic (exact) mass is 261 g/mol. The van der Waals surface area contributed by atoms with Crippen molar-refractivity contribution in [2.75, 3.05) is 11.9 Å². The van der Waals surface area contributed by atoms with E-state index in [0.717, 1.165) is 17.4 Å². The molecular formula is C16H27N3. The fourth-order valence-electron chi connectivity index (χ4n) is 2.36. The number of nitrogens with two attached hydrogens (primary N) is 1. The Labute approximate surface area is 117 Å². The fourth-order valence-corrected chi connectivity index (χ4v) is 2.36. The topological polar surface area (TPSA) is 42.1 Å². The number of anilines is 1. The average molecular weight is 261 g/mol. The number of hydrogen-bond acceptors (Lipinski definition) is 3. The van der Waals surface area contributed by atoms with Crippen molar-refractivity contribution in [1.29, 1.82) is 0 Å². The van der Waals surface area contributed by atoms with Crippen LogP contribution in [-0.2, 0) is 12.0 Å². The highest BCUT2D eigenvalue weighted by atomic mass is 15.2. The SMILES string of the molecule is CC(C1CC1)N(C)c1cc(CN)cc(C(C)(C)C)n1. The highest BCUT2D eigenvalue weighted by Gasteiger charge is 2.31. The van der Waals surface area contributed by atoms with Gasteiger partial charge in [-0.05, 0) is 43.4 Å². The Morgan fingerprint density at radius 3 is 2.47 bits per heavy atom. The Kier molecular flexibility index (Phi) is 3.86. The van der Waals surface area contributed by atoms with E-state index in [0.29, 0.717) is 12.6 Å². The second kappa shape index (κ2) is 5.12. The van der Waals surface area contributed by atoms with Gasteiger partial charge in [0.05, 0.1) is 0 Å². The van der Waals surface area contributed by atoms with Gasteiger partial charge in [-0.25, -0.2) is 4.98 Å². The molecule has 1 heterocycles. The lowest BCUT2D eigenvalue weighted by Gasteiger charge is -2.28. The Morgan fingerprint density at radius 1 is 1.37 bits per heavy atom. The summed E-state index contributed by atoms with van der Waals surface area (Å²) in [6, 6.07) is 4.83. The number of pyridine rings is 1. The minimum absolute atomic E-state index is 0.0591. The maximum absolute atomic E-state index is 5.83. The summed E-state index contributed by atoms with van der Waals surface area (Å²) in [5.74, 6) is 1.90. The van der Waals surface area contributed by atoms with Gasteiger partial charge >= 0.3 is 0 Å². The van der Waals surface area contributed by atoms with E-state index in [1.165, 1.54) is 18.4 Å². The van der Waals surface area contributed by atoms with Crippen LogP contribution in [0.1, 0.15) is 51.8 Å². The van der Waals surface area contributed by atoms with E-state index in [1.54, 1.807) is 0 Å². The molecule has 0 aromatic carbocycles. The zero-order chi connectivity index (χ0) is 14.2. The van der Waals surface area contributed by atoms with E-state index in [2.05, 4.69) is 51.8 Å². The van der Waals surface area contributed by atoms with Crippen LogP contribution in [0.4, 0.5) is 5.82 Å². The van der Waals surface area contributed by atoms with E-state index in [1.807, 2.05) is 0 Å². The van der Waals surface area contributed by atoms with Crippen molar-refractivity contribution in [3.8, 4) is 0 Å². The summed E-state index contributed by atoms with van der Waals surface area (Å²) in [6.07, 6.45) is 2.71. The van der Waals surface area contributed by atoms with Crippen LogP contribution in [0.5, 0.6) is 0 Å². The van der Waals surface area contributed by atoms with Gasteiger partial charge in [0, 0.05) is 30.7 Å². The summed E-state index contributed by atoms with van der Waals surface area (Å²) >= 11 is 0. The molecule has 1 fully saturated rings.